The number of nitrogens with one attached hydrogen (secondary N) is 2. The molecule has 1 aromatic rings. The molecule has 1 aromatic heterocycles. The van der Waals surface area contributed by atoms with E-state index in [4.69, 9.17) is 5.73 Å². The molecule has 0 saturated carbocycles. The molecular formula is C13H24N4O3S. The molecule has 1 heterocycles. The van der Waals surface area contributed by atoms with Gasteiger partial charge in [-0.2, -0.15) is 0 Å². The van der Waals surface area contributed by atoms with Gasteiger partial charge in [-0.05, 0) is 26.3 Å². The van der Waals surface area contributed by atoms with Crippen molar-refractivity contribution < 1.29 is 13.2 Å². The van der Waals surface area contributed by atoms with Gasteiger partial charge in [-0.25, -0.2) is 13.1 Å². The highest BCUT2D eigenvalue weighted by atomic mass is 32.2. The number of nitrogen functional groups attached to an aromatic ring is 1. The second-order valence-corrected chi connectivity index (χ2v) is 7.54. The summed E-state index contributed by atoms with van der Waals surface area (Å²) in [5.74, 6) is -0.275. The predicted molar refractivity (Wildman–Crippen MR) is 83.5 cm³/mol. The zero-order valence-electron chi connectivity index (χ0n) is 12.9. The van der Waals surface area contributed by atoms with Crippen LogP contribution in [-0.4, -0.2) is 37.2 Å². The summed E-state index contributed by atoms with van der Waals surface area (Å²) in [6.07, 6.45) is 3.69. The van der Waals surface area contributed by atoms with Gasteiger partial charge >= 0.3 is 0 Å². The molecule has 1 amide bonds. The molecule has 8 heteroatoms. The summed E-state index contributed by atoms with van der Waals surface area (Å²) in [5.41, 5.74) is 5.96. The van der Waals surface area contributed by atoms with Crippen LogP contribution in [0, 0.1) is 0 Å². The summed E-state index contributed by atoms with van der Waals surface area (Å²) >= 11 is 0. The fraction of sp³-hybridized carbons (Fsp3) is 0.615. The molecule has 0 aliphatic heterocycles. The Kier molecular flexibility index (Phi) is 5.41. The van der Waals surface area contributed by atoms with E-state index in [1.165, 1.54) is 0 Å². The van der Waals surface area contributed by atoms with Crippen LogP contribution in [0.4, 0.5) is 5.69 Å². The Balaban J connectivity index is 2.74. The highest BCUT2D eigenvalue weighted by molar-refractivity contribution is 7.88. The van der Waals surface area contributed by atoms with Crippen LogP contribution in [0.3, 0.4) is 0 Å². The van der Waals surface area contributed by atoms with Crippen LogP contribution in [0.2, 0.25) is 0 Å². The van der Waals surface area contributed by atoms with E-state index in [1.54, 1.807) is 30.7 Å². The zero-order valence-corrected chi connectivity index (χ0v) is 13.8. The van der Waals surface area contributed by atoms with E-state index in [-0.39, 0.29) is 12.5 Å². The van der Waals surface area contributed by atoms with Gasteiger partial charge < -0.3 is 15.6 Å². The monoisotopic (exact) mass is 316 g/mol. The van der Waals surface area contributed by atoms with Crippen LogP contribution >= 0.6 is 0 Å². The Hall–Kier alpha value is -1.54. The summed E-state index contributed by atoms with van der Waals surface area (Å²) in [6.45, 7) is 6.29. The fourth-order valence-corrected chi connectivity index (χ4v) is 3.16. The lowest BCUT2D eigenvalue weighted by Gasteiger charge is -2.25. The second-order valence-electron chi connectivity index (χ2n) is 5.79. The van der Waals surface area contributed by atoms with E-state index in [1.807, 2.05) is 6.92 Å². The lowest BCUT2D eigenvalue weighted by Crippen LogP contribution is -2.51. The molecule has 1 rings (SSSR count). The molecule has 120 valence electrons. The van der Waals surface area contributed by atoms with Crippen molar-refractivity contribution in [3.8, 4) is 0 Å². The molecule has 0 bridgehead atoms. The first kappa shape index (κ1) is 17.5. The quantitative estimate of drug-likeness (QED) is 0.682. The standard InChI is InChI=1S/C13H24N4O3S/c1-5-6-17-8-10(14)7-11(17)12(18)15-9-13(2,3)16-21(4,19)20/h7-8,16H,5-6,9,14H2,1-4H3,(H,15,18). The van der Waals surface area contributed by atoms with E-state index in [9.17, 15) is 13.2 Å². The van der Waals surface area contributed by atoms with Crippen LogP contribution in [0.1, 0.15) is 37.7 Å². The summed E-state index contributed by atoms with van der Waals surface area (Å²) in [7, 11) is -3.33. The maximum atomic E-state index is 12.2. The molecule has 0 aromatic carbocycles. The third-order valence-electron chi connectivity index (χ3n) is 2.77. The first-order valence-corrected chi connectivity index (χ1v) is 8.66. The average molecular weight is 316 g/mol. The van der Waals surface area contributed by atoms with Gasteiger partial charge in [0.2, 0.25) is 10.0 Å². The number of aryl methyl sites for hydroxylation is 1. The maximum Gasteiger partial charge on any atom is 0.268 e. The van der Waals surface area contributed by atoms with Gasteiger partial charge in [-0.15, -0.1) is 0 Å². The van der Waals surface area contributed by atoms with Gasteiger partial charge in [0.1, 0.15) is 5.69 Å². The van der Waals surface area contributed by atoms with Crippen LogP contribution in [0.25, 0.3) is 0 Å². The number of nitrogens with two attached hydrogens (primary N) is 1. The number of sulfonamides is 1. The zero-order chi connectivity index (χ0) is 16.3. The van der Waals surface area contributed by atoms with Gasteiger partial charge in [0.05, 0.1) is 11.9 Å². The van der Waals surface area contributed by atoms with Crippen molar-refractivity contribution >= 4 is 21.6 Å². The molecular weight excluding hydrogens is 292 g/mol. The van der Waals surface area contributed by atoms with Gasteiger partial charge in [-0.1, -0.05) is 6.92 Å². The Labute approximate surface area is 125 Å². The molecule has 0 aliphatic carbocycles. The lowest BCUT2D eigenvalue weighted by atomic mass is 10.1. The summed E-state index contributed by atoms with van der Waals surface area (Å²) in [4.78, 5) is 12.2. The van der Waals surface area contributed by atoms with Crippen LogP contribution < -0.4 is 15.8 Å². The predicted octanol–water partition coefficient (Wildman–Crippen LogP) is 0.538. The number of nitrogens with zero attached hydrogens (tertiary/aromatic N) is 1. The van der Waals surface area contributed by atoms with Gasteiger partial charge in [0.15, 0.2) is 0 Å². The fourth-order valence-electron chi connectivity index (χ4n) is 2.08. The molecule has 0 aliphatic rings. The minimum atomic E-state index is -3.33. The van der Waals surface area contributed by atoms with E-state index >= 15 is 0 Å². The van der Waals surface area contributed by atoms with E-state index in [0.717, 1.165) is 12.7 Å². The van der Waals surface area contributed by atoms with Gasteiger partial charge in [0.25, 0.3) is 5.91 Å². The number of anilines is 1. The van der Waals surface area contributed by atoms with Gasteiger partial charge in [0, 0.05) is 24.8 Å². The van der Waals surface area contributed by atoms with Crippen molar-refractivity contribution in [3.63, 3.8) is 0 Å². The number of aromatic nitrogens is 1. The number of hydrogen-bond donors (Lipinski definition) is 3. The molecule has 0 unspecified atom stereocenters. The average Bonchev–Trinajstić information content (AvgIpc) is 2.65. The first-order chi connectivity index (χ1) is 9.54. The van der Waals surface area contributed by atoms with E-state index in [0.29, 0.717) is 17.9 Å². The Morgan fingerprint density at radius 3 is 2.57 bits per heavy atom. The van der Waals surface area contributed by atoms with Crippen molar-refractivity contribution in [2.75, 3.05) is 18.5 Å². The summed E-state index contributed by atoms with van der Waals surface area (Å²) in [6, 6.07) is 1.61. The van der Waals surface area contributed by atoms with Crippen molar-refractivity contribution in [2.24, 2.45) is 0 Å². The number of carbonyl (C=O) groups is 1. The van der Waals surface area contributed by atoms with Crippen LogP contribution in [0.5, 0.6) is 0 Å². The molecule has 0 atom stereocenters. The Morgan fingerprint density at radius 1 is 1.43 bits per heavy atom. The highest BCUT2D eigenvalue weighted by Gasteiger charge is 2.23. The van der Waals surface area contributed by atoms with Crippen LogP contribution in [0.15, 0.2) is 12.3 Å². The Bertz CT molecular complexity index is 605. The minimum absolute atomic E-state index is 0.177. The first-order valence-electron chi connectivity index (χ1n) is 6.77. The van der Waals surface area contributed by atoms with Crippen molar-refractivity contribution in [1.82, 2.24) is 14.6 Å². The topological polar surface area (TPSA) is 106 Å². The van der Waals surface area contributed by atoms with Crippen molar-refractivity contribution in [2.45, 2.75) is 39.3 Å². The van der Waals surface area contributed by atoms with E-state index in [2.05, 4.69) is 10.0 Å². The summed E-state index contributed by atoms with van der Waals surface area (Å²) < 4.78 is 26.8. The van der Waals surface area contributed by atoms with Gasteiger partial charge in [-0.3, -0.25) is 4.79 Å². The number of carbonyl (C=O) groups excluding carboxylic acids is 1. The third-order valence-corrected chi connectivity index (χ3v) is 3.69. The lowest BCUT2D eigenvalue weighted by molar-refractivity contribution is 0.0935. The van der Waals surface area contributed by atoms with Crippen molar-refractivity contribution in [3.05, 3.63) is 18.0 Å². The molecule has 0 radical (unpaired) electrons. The summed E-state index contributed by atoms with van der Waals surface area (Å²) in [5, 5.41) is 2.73. The normalized spacial score (nSPS) is 12.4. The highest BCUT2D eigenvalue weighted by Crippen LogP contribution is 2.12. The number of hydrogen-bond acceptors (Lipinski definition) is 4. The SMILES string of the molecule is CCCn1cc(N)cc1C(=O)NCC(C)(C)NS(C)(=O)=O. The molecule has 0 saturated heterocycles. The number of rotatable bonds is 7. The molecule has 4 N–H and O–H groups in total. The molecule has 7 nitrogen and oxygen atoms in total. The third kappa shape index (κ3) is 5.76. The smallest absolute Gasteiger partial charge is 0.268 e. The minimum Gasteiger partial charge on any atom is -0.397 e. The number of amides is 1. The molecule has 21 heavy (non-hydrogen) atoms. The molecule has 0 spiro atoms. The largest absolute Gasteiger partial charge is 0.397 e. The maximum absolute atomic E-state index is 12.2. The molecule has 0 fully saturated rings. The van der Waals surface area contributed by atoms with Crippen molar-refractivity contribution in [1.29, 1.82) is 0 Å². The second kappa shape index (κ2) is 6.48. The Morgan fingerprint density at radius 2 is 2.05 bits per heavy atom. The van der Waals surface area contributed by atoms with Crippen LogP contribution in [-0.2, 0) is 16.6 Å². The van der Waals surface area contributed by atoms with E-state index < -0.39 is 15.6 Å².